The summed E-state index contributed by atoms with van der Waals surface area (Å²) in [6, 6.07) is -0.546. The number of aryl methyl sites for hydroxylation is 1. The van der Waals surface area contributed by atoms with Crippen LogP contribution in [0.15, 0.2) is 19.0 Å². The number of aromatic nitrogens is 3. The Bertz CT molecular complexity index is 360. The summed E-state index contributed by atoms with van der Waals surface area (Å²) in [5.41, 5.74) is 5.61. The molecule has 1 aromatic rings. The Hall–Kier alpha value is -1.69. The SMILES string of the molecule is C=CCC(N)C(=O)NCc1nncn1CC. The number of carbonyl (C=O) groups is 1. The fourth-order valence-electron chi connectivity index (χ4n) is 1.26. The Balaban J connectivity index is 2.45. The zero-order valence-electron chi connectivity index (χ0n) is 9.39. The lowest BCUT2D eigenvalue weighted by Gasteiger charge is -2.10. The van der Waals surface area contributed by atoms with E-state index in [9.17, 15) is 4.79 Å². The van der Waals surface area contributed by atoms with E-state index in [1.807, 2.05) is 11.5 Å². The largest absolute Gasteiger partial charge is 0.347 e. The van der Waals surface area contributed by atoms with Crippen LogP contribution in [0.3, 0.4) is 0 Å². The van der Waals surface area contributed by atoms with Crippen LogP contribution in [-0.4, -0.2) is 26.7 Å². The standard InChI is InChI=1S/C10H17N5O/c1-3-5-8(11)10(16)12-6-9-14-13-7-15(9)4-2/h3,7-8H,1,4-6,11H2,2H3,(H,12,16). The van der Waals surface area contributed by atoms with Gasteiger partial charge in [-0.3, -0.25) is 4.79 Å². The molecular weight excluding hydrogens is 206 g/mol. The monoisotopic (exact) mass is 223 g/mol. The molecule has 0 saturated carbocycles. The van der Waals surface area contributed by atoms with Gasteiger partial charge in [-0.05, 0) is 13.3 Å². The molecule has 6 nitrogen and oxygen atoms in total. The highest BCUT2D eigenvalue weighted by atomic mass is 16.2. The van der Waals surface area contributed by atoms with E-state index >= 15 is 0 Å². The number of hydrogen-bond donors (Lipinski definition) is 2. The highest BCUT2D eigenvalue weighted by Gasteiger charge is 2.12. The van der Waals surface area contributed by atoms with Gasteiger partial charge in [0.1, 0.15) is 6.33 Å². The predicted octanol–water partition coefficient (Wildman–Crippen LogP) is -0.182. The van der Waals surface area contributed by atoms with Crippen LogP contribution < -0.4 is 11.1 Å². The van der Waals surface area contributed by atoms with Gasteiger partial charge in [-0.1, -0.05) is 6.08 Å². The van der Waals surface area contributed by atoms with Crippen molar-refractivity contribution in [1.82, 2.24) is 20.1 Å². The van der Waals surface area contributed by atoms with Crippen LogP contribution in [0.5, 0.6) is 0 Å². The van der Waals surface area contributed by atoms with Crippen LogP contribution >= 0.6 is 0 Å². The van der Waals surface area contributed by atoms with E-state index in [1.165, 1.54) is 0 Å². The first-order chi connectivity index (χ1) is 7.69. The lowest BCUT2D eigenvalue weighted by atomic mass is 10.2. The predicted molar refractivity (Wildman–Crippen MR) is 60.3 cm³/mol. The van der Waals surface area contributed by atoms with Crippen molar-refractivity contribution < 1.29 is 4.79 Å². The van der Waals surface area contributed by atoms with Gasteiger partial charge < -0.3 is 15.6 Å². The second kappa shape index (κ2) is 6.02. The van der Waals surface area contributed by atoms with Crippen LogP contribution in [0.4, 0.5) is 0 Å². The third-order valence-electron chi connectivity index (χ3n) is 2.21. The molecule has 3 N–H and O–H groups in total. The van der Waals surface area contributed by atoms with Crippen molar-refractivity contribution in [3.8, 4) is 0 Å². The maximum absolute atomic E-state index is 11.5. The molecule has 0 saturated heterocycles. The second-order valence-electron chi connectivity index (χ2n) is 3.38. The first-order valence-electron chi connectivity index (χ1n) is 5.19. The average molecular weight is 223 g/mol. The highest BCUT2D eigenvalue weighted by molar-refractivity contribution is 5.81. The lowest BCUT2D eigenvalue weighted by molar-refractivity contribution is -0.122. The van der Waals surface area contributed by atoms with Crippen LogP contribution in [0, 0.1) is 0 Å². The normalized spacial score (nSPS) is 12.1. The molecule has 1 heterocycles. The molecule has 1 atom stereocenters. The first-order valence-corrected chi connectivity index (χ1v) is 5.19. The van der Waals surface area contributed by atoms with Gasteiger partial charge in [0.2, 0.25) is 5.91 Å². The highest BCUT2D eigenvalue weighted by Crippen LogP contribution is 1.95. The lowest BCUT2D eigenvalue weighted by Crippen LogP contribution is -2.40. The number of nitrogens with two attached hydrogens (primary N) is 1. The Morgan fingerprint density at radius 2 is 2.56 bits per heavy atom. The molecule has 0 spiro atoms. The molecule has 0 aromatic carbocycles. The number of hydrogen-bond acceptors (Lipinski definition) is 4. The molecule has 6 heteroatoms. The number of nitrogens with one attached hydrogen (secondary N) is 1. The van der Waals surface area contributed by atoms with E-state index in [-0.39, 0.29) is 5.91 Å². The van der Waals surface area contributed by atoms with Crippen LogP contribution in [0.25, 0.3) is 0 Å². The minimum Gasteiger partial charge on any atom is -0.347 e. The Labute approximate surface area is 94.5 Å². The Morgan fingerprint density at radius 1 is 1.81 bits per heavy atom. The van der Waals surface area contributed by atoms with Crippen LogP contribution in [0.2, 0.25) is 0 Å². The fraction of sp³-hybridized carbons (Fsp3) is 0.500. The van der Waals surface area contributed by atoms with Crippen molar-refractivity contribution in [3.05, 3.63) is 24.8 Å². The molecular formula is C10H17N5O. The van der Waals surface area contributed by atoms with Crippen molar-refractivity contribution in [2.24, 2.45) is 5.73 Å². The van der Waals surface area contributed by atoms with Crippen molar-refractivity contribution in [2.45, 2.75) is 32.5 Å². The molecule has 0 aliphatic carbocycles. The van der Waals surface area contributed by atoms with Crippen LogP contribution in [0.1, 0.15) is 19.2 Å². The van der Waals surface area contributed by atoms with E-state index in [0.717, 1.165) is 12.4 Å². The maximum atomic E-state index is 11.5. The number of nitrogens with zero attached hydrogens (tertiary/aromatic N) is 3. The quantitative estimate of drug-likeness (QED) is 0.655. The van der Waals surface area contributed by atoms with Gasteiger partial charge in [0.25, 0.3) is 0 Å². The zero-order valence-corrected chi connectivity index (χ0v) is 9.39. The van der Waals surface area contributed by atoms with E-state index in [0.29, 0.717) is 13.0 Å². The summed E-state index contributed by atoms with van der Waals surface area (Å²) in [6.07, 6.45) is 3.72. The molecule has 0 aliphatic rings. The Kier molecular flexibility index (Phi) is 4.65. The maximum Gasteiger partial charge on any atom is 0.237 e. The van der Waals surface area contributed by atoms with Gasteiger partial charge in [-0.15, -0.1) is 16.8 Å². The molecule has 1 aromatic heterocycles. The van der Waals surface area contributed by atoms with Gasteiger partial charge in [0, 0.05) is 6.54 Å². The average Bonchev–Trinajstić information content (AvgIpc) is 2.73. The summed E-state index contributed by atoms with van der Waals surface area (Å²) < 4.78 is 1.86. The van der Waals surface area contributed by atoms with E-state index in [4.69, 9.17) is 5.73 Å². The third-order valence-corrected chi connectivity index (χ3v) is 2.21. The number of rotatable bonds is 6. The van der Waals surface area contributed by atoms with Crippen molar-refractivity contribution in [3.63, 3.8) is 0 Å². The molecule has 0 fully saturated rings. The molecule has 1 unspecified atom stereocenters. The van der Waals surface area contributed by atoms with Gasteiger partial charge in [-0.25, -0.2) is 0 Å². The van der Waals surface area contributed by atoms with E-state index < -0.39 is 6.04 Å². The number of carbonyl (C=O) groups excluding carboxylic acids is 1. The molecule has 88 valence electrons. The summed E-state index contributed by atoms with van der Waals surface area (Å²) in [5, 5.41) is 10.4. The molecule has 0 bridgehead atoms. The molecule has 16 heavy (non-hydrogen) atoms. The summed E-state index contributed by atoms with van der Waals surface area (Å²) in [6.45, 7) is 6.64. The van der Waals surface area contributed by atoms with E-state index in [2.05, 4.69) is 22.1 Å². The van der Waals surface area contributed by atoms with Gasteiger partial charge >= 0.3 is 0 Å². The first kappa shape index (κ1) is 12.4. The molecule has 0 radical (unpaired) electrons. The summed E-state index contributed by atoms with van der Waals surface area (Å²) in [7, 11) is 0. The van der Waals surface area contributed by atoms with Gasteiger partial charge in [-0.2, -0.15) is 0 Å². The van der Waals surface area contributed by atoms with Crippen molar-refractivity contribution in [1.29, 1.82) is 0 Å². The van der Waals surface area contributed by atoms with Crippen LogP contribution in [-0.2, 0) is 17.9 Å². The summed E-state index contributed by atoms with van der Waals surface area (Å²) >= 11 is 0. The Morgan fingerprint density at radius 3 is 3.19 bits per heavy atom. The van der Waals surface area contributed by atoms with E-state index in [1.54, 1.807) is 12.4 Å². The smallest absolute Gasteiger partial charge is 0.237 e. The third kappa shape index (κ3) is 3.16. The van der Waals surface area contributed by atoms with Gasteiger partial charge in [0.05, 0.1) is 12.6 Å². The fourth-order valence-corrected chi connectivity index (χ4v) is 1.26. The zero-order chi connectivity index (χ0) is 12.0. The summed E-state index contributed by atoms with van der Waals surface area (Å²) in [4.78, 5) is 11.5. The van der Waals surface area contributed by atoms with Crippen molar-refractivity contribution >= 4 is 5.91 Å². The molecule has 1 amide bonds. The molecule has 1 rings (SSSR count). The molecule has 0 aliphatic heterocycles. The minimum absolute atomic E-state index is 0.203. The summed E-state index contributed by atoms with van der Waals surface area (Å²) in [5.74, 6) is 0.521. The number of amides is 1. The second-order valence-corrected chi connectivity index (χ2v) is 3.38. The minimum atomic E-state index is -0.546. The van der Waals surface area contributed by atoms with Crippen molar-refractivity contribution in [2.75, 3.05) is 0 Å². The topological polar surface area (TPSA) is 85.8 Å². The van der Waals surface area contributed by atoms with Gasteiger partial charge in [0.15, 0.2) is 5.82 Å².